The molecule has 6 N–H and O–H groups in total. The fourth-order valence-electron chi connectivity index (χ4n) is 4.82. The standard InChI is InChI=1S/C38H40N8O7/c1-51-35(50)32(26-8-4-2-5-9-26)43-34(49)28-12-14-29(15-13-28)41-37-44-36(45-38(46-37)42-30-16-18-31(47)19-17-30)40-21-23-53-25-24-52-22-20-39-33(48)27-10-6-3-7-11-27/h2-19,32,47H,20-25H2,1H3,(H,39,48)(H,43,49)(H3,40,41,42,44,45,46)/t32-/m0/s1. The van der Waals surface area contributed by atoms with E-state index in [1.807, 2.05) is 24.3 Å². The molecule has 5 rings (SSSR count). The first kappa shape index (κ1) is 37.7. The summed E-state index contributed by atoms with van der Waals surface area (Å²) in [6, 6.07) is 29.9. The maximum atomic E-state index is 13.1. The van der Waals surface area contributed by atoms with Crippen LogP contribution in [0.2, 0.25) is 0 Å². The predicted molar refractivity (Wildman–Crippen MR) is 199 cm³/mol. The number of nitrogens with one attached hydrogen (secondary N) is 5. The van der Waals surface area contributed by atoms with Crippen LogP contribution in [-0.4, -0.2) is 84.5 Å². The molecule has 4 aromatic carbocycles. The van der Waals surface area contributed by atoms with E-state index in [9.17, 15) is 19.5 Å². The Kier molecular flexibility index (Phi) is 14.0. The summed E-state index contributed by atoms with van der Waals surface area (Å²) in [6.07, 6.45) is 0. The van der Waals surface area contributed by atoms with E-state index in [1.165, 1.54) is 19.2 Å². The largest absolute Gasteiger partial charge is 0.508 e. The maximum absolute atomic E-state index is 13.1. The zero-order chi connectivity index (χ0) is 37.3. The molecule has 1 atom stereocenters. The lowest BCUT2D eigenvalue weighted by Gasteiger charge is -2.17. The van der Waals surface area contributed by atoms with Crippen LogP contribution in [0.3, 0.4) is 0 Å². The van der Waals surface area contributed by atoms with E-state index in [0.717, 1.165) is 0 Å². The molecule has 53 heavy (non-hydrogen) atoms. The van der Waals surface area contributed by atoms with Gasteiger partial charge in [-0.25, -0.2) is 4.79 Å². The summed E-state index contributed by atoms with van der Waals surface area (Å²) in [5.74, 6) is -0.359. The van der Waals surface area contributed by atoms with Gasteiger partial charge in [-0.1, -0.05) is 48.5 Å². The quantitative estimate of drug-likeness (QED) is 0.0394. The van der Waals surface area contributed by atoms with Gasteiger partial charge in [-0.3, -0.25) is 9.59 Å². The number of esters is 1. The van der Waals surface area contributed by atoms with Crippen molar-refractivity contribution in [1.29, 1.82) is 0 Å². The minimum atomic E-state index is -0.966. The molecule has 0 aliphatic heterocycles. The maximum Gasteiger partial charge on any atom is 0.333 e. The lowest BCUT2D eigenvalue weighted by Crippen LogP contribution is -2.34. The van der Waals surface area contributed by atoms with Crippen LogP contribution in [0.1, 0.15) is 32.3 Å². The summed E-state index contributed by atoms with van der Waals surface area (Å²) in [6.45, 7) is 2.19. The summed E-state index contributed by atoms with van der Waals surface area (Å²) in [4.78, 5) is 51.0. The molecule has 0 unspecified atom stereocenters. The van der Waals surface area contributed by atoms with Gasteiger partial charge in [-0.15, -0.1) is 0 Å². The Morgan fingerprint density at radius 2 is 1.15 bits per heavy atom. The number of nitrogens with zero attached hydrogens (tertiary/aromatic N) is 3. The van der Waals surface area contributed by atoms with E-state index in [0.29, 0.717) is 67.6 Å². The molecule has 1 aromatic heterocycles. The molecule has 0 aliphatic rings. The number of carbonyl (C=O) groups is 3. The molecule has 1 heterocycles. The molecular weight excluding hydrogens is 680 g/mol. The third-order valence-corrected chi connectivity index (χ3v) is 7.48. The molecule has 0 fully saturated rings. The normalized spacial score (nSPS) is 11.2. The van der Waals surface area contributed by atoms with Gasteiger partial charge >= 0.3 is 5.97 Å². The summed E-state index contributed by atoms with van der Waals surface area (Å²) in [5, 5.41) is 24.6. The first-order chi connectivity index (χ1) is 25.9. The monoisotopic (exact) mass is 720 g/mol. The molecule has 0 saturated heterocycles. The number of ether oxygens (including phenoxy) is 3. The van der Waals surface area contributed by atoms with Crippen molar-refractivity contribution in [2.24, 2.45) is 0 Å². The first-order valence-electron chi connectivity index (χ1n) is 16.7. The Morgan fingerprint density at radius 1 is 0.623 bits per heavy atom. The number of hydrogen-bond acceptors (Lipinski definition) is 13. The van der Waals surface area contributed by atoms with Gasteiger partial charge in [0.2, 0.25) is 17.8 Å². The van der Waals surface area contributed by atoms with Crippen LogP contribution in [0.4, 0.5) is 29.2 Å². The Hall–Kier alpha value is -6.58. The van der Waals surface area contributed by atoms with Crippen molar-refractivity contribution in [3.63, 3.8) is 0 Å². The van der Waals surface area contributed by atoms with E-state index in [4.69, 9.17) is 14.2 Å². The second-order valence-electron chi connectivity index (χ2n) is 11.3. The number of aromatic hydroxyl groups is 1. The topological polar surface area (TPSA) is 198 Å². The van der Waals surface area contributed by atoms with Gasteiger partial charge < -0.3 is 45.9 Å². The number of benzene rings is 4. The van der Waals surface area contributed by atoms with Crippen LogP contribution < -0.4 is 26.6 Å². The molecule has 0 bridgehead atoms. The van der Waals surface area contributed by atoms with Crippen LogP contribution in [0.5, 0.6) is 5.75 Å². The molecule has 0 aliphatic carbocycles. The fraction of sp³-hybridized carbons (Fsp3) is 0.211. The average molecular weight is 721 g/mol. The highest BCUT2D eigenvalue weighted by Crippen LogP contribution is 2.21. The first-order valence-corrected chi connectivity index (χ1v) is 16.7. The minimum Gasteiger partial charge on any atom is -0.508 e. The molecule has 0 saturated carbocycles. The highest BCUT2D eigenvalue weighted by molar-refractivity contribution is 5.97. The smallest absolute Gasteiger partial charge is 0.333 e. The molecule has 15 nitrogen and oxygen atoms in total. The third kappa shape index (κ3) is 12.0. The van der Waals surface area contributed by atoms with Gasteiger partial charge in [0.25, 0.3) is 11.8 Å². The van der Waals surface area contributed by atoms with Crippen molar-refractivity contribution >= 4 is 47.0 Å². The van der Waals surface area contributed by atoms with Gasteiger partial charge in [-0.2, -0.15) is 15.0 Å². The van der Waals surface area contributed by atoms with Crippen molar-refractivity contribution in [1.82, 2.24) is 25.6 Å². The number of phenols is 1. The number of hydrogen-bond donors (Lipinski definition) is 6. The average Bonchev–Trinajstić information content (AvgIpc) is 3.19. The van der Waals surface area contributed by atoms with Crippen molar-refractivity contribution in [2.45, 2.75) is 6.04 Å². The summed E-state index contributed by atoms with van der Waals surface area (Å²) >= 11 is 0. The highest BCUT2D eigenvalue weighted by Gasteiger charge is 2.24. The number of aromatic nitrogens is 3. The fourth-order valence-corrected chi connectivity index (χ4v) is 4.82. The van der Waals surface area contributed by atoms with Gasteiger partial charge in [0.15, 0.2) is 6.04 Å². The van der Waals surface area contributed by atoms with Gasteiger partial charge in [0.1, 0.15) is 5.75 Å². The van der Waals surface area contributed by atoms with Crippen LogP contribution >= 0.6 is 0 Å². The number of amides is 2. The van der Waals surface area contributed by atoms with Crippen LogP contribution in [0, 0.1) is 0 Å². The summed E-state index contributed by atoms with van der Waals surface area (Å²) in [7, 11) is 1.27. The number of phenolic OH excluding ortho intramolecular Hbond substituents is 1. The summed E-state index contributed by atoms with van der Waals surface area (Å²) in [5.41, 5.74) is 2.75. The lowest BCUT2D eigenvalue weighted by atomic mass is 10.1. The number of methoxy groups -OCH3 is 1. The lowest BCUT2D eigenvalue weighted by molar-refractivity contribution is -0.143. The number of rotatable bonds is 19. The Balaban J connectivity index is 1.13. The van der Waals surface area contributed by atoms with Crippen LogP contribution in [0.15, 0.2) is 109 Å². The number of carbonyl (C=O) groups excluding carboxylic acids is 3. The van der Waals surface area contributed by atoms with E-state index in [2.05, 4.69) is 41.5 Å². The molecule has 5 aromatic rings. The summed E-state index contributed by atoms with van der Waals surface area (Å²) < 4.78 is 16.1. The Morgan fingerprint density at radius 3 is 1.75 bits per heavy atom. The molecule has 0 radical (unpaired) electrons. The Bertz CT molecular complexity index is 1920. The van der Waals surface area contributed by atoms with Crippen LogP contribution in [0.25, 0.3) is 0 Å². The molecule has 274 valence electrons. The van der Waals surface area contributed by atoms with E-state index in [-0.39, 0.29) is 29.5 Å². The van der Waals surface area contributed by atoms with Crippen molar-refractivity contribution in [3.05, 3.63) is 126 Å². The third-order valence-electron chi connectivity index (χ3n) is 7.48. The zero-order valence-corrected chi connectivity index (χ0v) is 29.0. The second kappa shape index (κ2) is 19.7. The minimum absolute atomic E-state index is 0.120. The zero-order valence-electron chi connectivity index (χ0n) is 29.0. The molecular formula is C38H40N8O7. The SMILES string of the molecule is COC(=O)[C@@H](NC(=O)c1ccc(Nc2nc(NCCOCCOCCNC(=O)c3ccccc3)nc(Nc3ccc(O)cc3)n2)cc1)c1ccccc1. The second-order valence-corrected chi connectivity index (χ2v) is 11.3. The Labute approximate surface area is 306 Å². The van der Waals surface area contributed by atoms with E-state index < -0.39 is 17.9 Å². The van der Waals surface area contributed by atoms with E-state index >= 15 is 0 Å². The van der Waals surface area contributed by atoms with Crippen molar-refractivity contribution < 1.29 is 33.7 Å². The number of anilines is 5. The molecule has 15 heteroatoms. The van der Waals surface area contributed by atoms with Crippen molar-refractivity contribution in [2.75, 3.05) is 62.6 Å². The van der Waals surface area contributed by atoms with Gasteiger partial charge in [0.05, 0.1) is 33.5 Å². The van der Waals surface area contributed by atoms with Crippen LogP contribution in [-0.2, 0) is 19.0 Å². The van der Waals surface area contributed by atoms with Gasteiger partial charge in [0, 0.05) is 35.6 Å². The van der Waals surface area contributed by atoms with E-state index in [1.54, 1.807) is 72.8 Å². The van der Waals surface area contributed by atoms with Crippen molar-refractivity contribution in [3.8, 4) is 5.75 Å². The molecule has 2 amide bonds. The highest BCUT2D eigenvalue weighted by atomic mass is 16.5. The molecule has 0 spiro atoms. The predicted octanol–water partition coefficient (Wildman–Crippen LogP) is 4.58. The van der Waals surface area contributed by atoms with Gasteiger partial charge in [-0.05, 0) is 66.2 Å².